The Morgan fingerprint density at radius 1 is 1.00 bits per heavy atom. The number of hydrogen-bond donors (Lipinski definition) is 2. The molecule has 5 nitrogen and oxygen atoms in total. The minimum absolute atomic E-state index is 0.0318. The average molecular weight is 354 g/mol. The van der Waals surface area contributed by atoms with Gasteiger partial charge in [-0.1, -0.05) is 17.7 Å². The fraction of sp³-hybridized carbons (Fsp3) is 0.333. The normalized spacial score (nSPS) is 10.3. The Morgan fingerprint density at radius 2 is 1.62 bits per heavy atom. The van der Waals surface area contributed by atoms with Gasteiger partial charge in [0.2, 0.25) is 5.91 Å². The van der Waals surface area contributed by atoms with E-state index in [2.05, 4.69) is 22.8 Å². The molecule has 0 atom stereocenters. The zero-order valence-corrected chi connectivity index (χ0v) is 15.8. The van der Waals surface area contributed by atoms with E-state index in [0.717, 1.165) is 22.5 Å². The monoisotopic (exact) mass is 354 g/mol. The summed E-state index contributed by atoms with van der Waals surface area (Å²) in [4.78, 5) is 23.8. The quantitative estimate of drug-likeness (QED) is 0.730. The van der Waals surface area contributed by atoms with Crippen LogP contribution < -0.4 is 10.6 Å². The summed E-state index contributed by atoms with van der Waals surface area (Å²) in [5.41, 5.74) is 5.58. The van der Waals surface area contributed by atoms with Crippen LogP contribution in [-0.2, 0) is 9.53 Å². The summed E-state index contributed by atoms with van der Waals surface area (Å²) in [6, 6.07) is 11.1. The molecule has 0 unspecified atom stereocenters. The molecule has 138 valence electrons. The van der Waals surface area contributed by atoms with Gasteiger partial charge in [0.25, 0.3) is 0 Å². The highest BCUT2D eigenvalue weighted by Gasteiger charge is 2.09. The minimum Gasteiger partial charge on any atom is -0.462 e. The lowest BCUT2D eigenvalue weighted by Gasteiger charge is -2.13. The third-order valence-electron chi connectivity index (χ3n) is 4.02. The lowest BCUT2D eigenvalue weighted by atomic mass is 10.1. The molecule has 2 aromatic rings. The molecule has 0 radical (unpaired) electrons. The van der Waals surface area contributed by atoms with Crippen LogP contribution in [0.1, 0.15) is 40.4 Å². The Labute approximate surface area is 154 Å². The number of carbonyl (C=O) groups excluding carboxylic acids is 2. The Balaban J connectivity index is 1.84. The van der Waals surface area contributed by atoms with Crippen LogP contribution in [0.25, 0.3) is 0 Å². The molecule has 0 fully saturated rings. The van der Waals surface area contributed by atoms with Crippen LogP contribution in [0.3, 0.4) is 0 Å². The van der Waals surface area contributed by atoms with E-state index in [1.54, 1.807) is 31.2 Å². The number of amides is 1. The van der Waals surface area contributed by atoms with Crippen LogP contribution in [0, 0.1) is 20.8 Å². The number of benzene rings is 2. The number of aryl methyl sites for hydroxylation is 3. The molecule has 0 saturated carbocycles. The Bertz CT molecular complexity index is 759. The molecule has 5 heteroatoms. The van der Waals surface area contributed by atoms with Gasteiger partial charge in [-0.3, -0.25) is 4.79 Å². The maximum atomic E-state index is 12.2. The summed E-state index contributed by atoms with van der Waals surface area (Å²) in [5.74, 6) is -0.363. The molecule has 2 rings (SSSR count). The molecule has 0 aliphatic heterocycles. The summed E-state index contributed by atoms with van der Waals surface area (Å²) in [6.07, 6.45) is 0.354. The van der Waals surface area contributed by atoms with Crippen LogP contribution >= 0.6 is 0 Å². The molecule has 0 heterocycles. The number of ether oxygens (including phenoxy) is 1. The lowest BCUT2D eigenvalue weighted by Crippen LogP contribution is -2.17. The minimum atomic E-state index is -0.331. The molecule has 0 aromatic heterocycles. The van der Waals surface area contributed by atoms with Crippen LogP contribution in [0.15, 0.2) is 36.4 Å². The van der Waals surface area contributed by atoms with Crippen molar-refractivity contribution in [1.82, 2.24) is 0 Å². The van der Waals surface area contributed by atoms with Gasteiger partial charge in [-0.15, -0.1) is 0 Å². The first-order chi connectivity index (χ1) is 12.4. The molecule has 0 aliphatic rings. The SMILES string of the molecule is CCOC(=O)c1ccc(NCCC(=O)Nc2c(C)cc(C)cc2C)cc1. The summed E-state index contributed by atoms with van der Waals surface area (Å²) in [6.45, 7) is 8.68. The van der Waals surface area contributed by atoms with Gasteiger partial charge in [0.05, 0.1) is 12.2 Å². The Hall–Kier alpha value is -2.82. The topological polar surface area (TPSA) is 67.4 Å². The van der Waals surface area contributed by atoms with Gasteiger partial charge in [-0.25, -0.2) is 4.79 Å². The third kappa shape index (κ3) is 5.34. The van der Waals surface area contributed by atoms with Crippen LogP contribution in [-0.4, -0.2) is 25.0 Å². The molecular formula is C21H26N2O3. The first-order valence-electron chi connectivity index (χ1n) is 8.79. The van der Waals surface area contributed by atoms with Gasteiger partial charge in [-0.05, 0) is 63.1 Å². The first kappa shape index (κ1) is 19.5. The zero-order valence-electron chi connectivity index (χ0n) is 15.8. The highest BCUT2D eigenvalue weighted by molar-refractivity contribution is 5.92. The molecule has 0 aliphatic carbocycles. The lowest BCUT2D eigenvalue weighted by molar-refractivity contribution is -0.116. The van der Waals surface area contributed by atoms with Crippen molar-refractivity contribution in [2.45, 2.75) is 34.1 Å². The van der Waals surface area contributed by atoms with E-state index in [0.29, 0.717) is 25.1 Å². The van der Waals surface area contributed by atoms with Gasteiger partial charge in [0.1, 0.15) is 0 Å². The average Bonchev–Trinajstić information content (AvgIpc) is 2.59. The van der Waals surface area contributed by atoms with Crippen molar-refractivity contribution in [3.63, 3.8) is 0 Å². The summed E-state index contributed by atoms with van der Waals surface area (Å²) in [5, 5.41) is 6.17. The number of esters is 1. The highest BCUT2D eigenvalue weighted by Crippen LogP contribution is 2.22. The molecule has 0 saturated heterocycles. The molecule has 26 heavy (non-hydrogen) atoms. The van der Waals surface area contributed by atoms with Crippen molar-refractivity contribution in [2.24, 2.45) is 0 Å². The number of hydrogen-bond acceptors (Lipinski definition) is 4. The summed E-state index contributed by atoms with van der Waals surface area (Å²) < 4.78 is 4.95. The van der Waals surface area contributed by atoms with Crippen molar-refractivity contribution in [1.29, 1.82) is 0 Å². The van der Waals surface area contributed by atoms with Crippen molar-refractivity contribution >= 4 is 23.3 Å². The van der Waals surface area contributed by atoms with Gasteiger partial charge >= 0.3 is 5.97 Å². The van der Waals surface area contributed by atoms with E-state index in [9.17, 15) is 9.59 Å². The second-order valence-corrected chi connectivity index (χ2v) is 6.30. The Kier molecular flexibility index (Phi) is 6.78. The second kappa shape index (κ2) is 9.04. The van der Waals surface area contributed by atoms with Gasteiger partial charge < -0.3 is 15.4 Å². The van der Waals surface area contributed by atoms with Gasteiger partial charge in [0.15, 0.2) is 0 Å². The van der Waals surface area contributed by atoms with E-state index in [1.165, 1.54) is 5.56 Å². The van der Waals surface area contributed by atoms with E-state index in [1.807, 2.05) is 20.8 Å². The fourth-order valence-corrected chi connectivity index (χ4v) is 2.84. The van der Waals surface area contributed by atoms with Crippen LogP contribution in [0.5, 0.6) is 0 Å². The van der Waals surface area contributed by atoms with Crippen molar-refractivity contribution in [3.8, 4) is 0 Å². The molecule has 2 aromatic carbocycles. The van der Waals surface area contributed by atoms with E-state index in [-0.39, 0.29) is 11.9 Å². The van der Waals surface area contributed by atoms with E-state index in [4.69, 9.17) is 4.74 Å². The second-order valence-electron chi connectivity index (χ2n) is 6.30. The molecule has 2 N–H and O–H groups in total. The molecular weight excluding hydrogens is 328 g/mol. The predicted molar refractivity (Wildman–Crippen MR) is 105 cm³/mol. The van der Waals surface area contributed by atoms with Crippen molar-refractivity contribution in [2.75, 3.05) is 23.8 Å². The fourth-order valence-electron chi connectivity index (χ4n) is 2.84. The van der Waals surface area contributed by atoms with Crippen LogP contribution in [0.2, 0.25) is 0 Å². The highest BCUT2D eigenvalue weighted by atomic mass is 16.5. The standard InChI is InChI=1S/C21H26N2O3/c1-5-26-21(25)17-6-8-18(9-7-17)22-11-10-19(24)23-20-15(3)12-14(2)13-16(20)4/h6-9,12-13,22H,5,10-11H2,1-4H3,(H,23,24). The van der Waals surface area contributed by atoms with Gasteiger partial charge in [-0.2, -0.15) is 0 Å². The Morgan fingerprint density at radius 3 is 2.19 bits per heavy atom. The molecule has 0 bridgehead atoms. The number of rotatable bonds is 7. The zero-order chi connectivity index (χ0) is 19.1. The number of nitrogens with one attached hydrogen (secondary N) is 2. The summed E-state index contributed by atoms with van der Waals surface area (Å²) in [7, 11) is 0. The predicted octanol–water partition coefficient (Wildman–Crippen LogP) is 4.23. The summed E-state index contributed by atoms with van der Waals surface area (Å²) >= 11 is 0. The van der Waals surface area contributed by atoms with Crippen molar-refractivity contribution < 1.29 is 14.3 Å². The molecule has 1 amide bonds. The third-order valence-corrected chi connectivity index (χ3v) is 4.02. The first-order valence-corrected chi connectivity index (χ1v) is 8.79. The van der Waals surface area contributed by atoms with Crippen LogP contribution in [0.4, 0.5) is 11.4 Å². The maximum Gasteiger partial charge on any atom is 0.338 e. The maximum absolute atomic E-state index is 12.2. The molecule has 0 spiro atoms. The number of carbonyl (C=O) groups is 2. The largest absolute Gasteiger partial charge is 0.462 e. The van der Waals surface area contributed by atoms with E-state index < -0.39 is 0 Å². The van der Waals surface area contributed by atoms with Crippen molar-refractivity contribution in [3.05, 3.63) is 58.7 Å². The van der Waals surface area contributed by atoms with E-state index >= 15 is 0 Å². The van der Waals surface area contributed by atoms with Gasteiger partial charge in [0, 0.05) is 24.3 Å². The number of anilines is 2. The smallest absolute Gasteiger partial charge is 0.338 e.